The predicted octanol–water partition coefficient (Wildman–Crippen LogP) is -1.09. The monoisotopic (exact) mass is 164 g/mol. The molecule has 0 fully saturated rings. The Morgan fingerprint density at radius 1 is 1.27 bits per heavy atom. The average molecular weight is 164 g/mol. The van der Waals surface area contributed by atoms with Crippen molar-refractivity contribution in [3.8, 4) is 0 Å². The van der Waals surface area contributed by atoms with Crippen LogP contribution in [-0.2, 0) is 4.79 Å². The molecular weight excluding hydrogens is 152 g/mol. The first-order valence-electron chi connectivity index (χ1n) is 3.29. The van der Waals surface area contributed by atoms with Gasteiger partial charge in [0, 0.05) is 13.0 Å². The molecular formula is C6H12O5. The maximum absolute atomic E-state index is 10.1. The average Bonchev–Trinajstić information content (AvgIpc) is 1.88. The van der Waals surface area contributed by atoms with Crippen molar-refractivity contribution in [2.24, 2.45) is 0 Å². The van der Waals surface area contributed by atoms with Gasteiger partial charge in [0.2, 0.25) is 0 Å². The Hall–Kier alpha value is -0.650. The molecule has 0 rings (SSSR count). The summed E-state index contributed by atoms with van der Waals surface area (Å²) in [7, 11) is 0. The lowest BCUT2D eigenvalue weighted by atomic mass is 10.1. The van der Waals surface area contributed by atoms with Crippen LogP contribution in [0.2, 0.25) is 0 Å². The highest BCUT2D eigenvalue weighted by atomic mass is 16.5. The molecule has 0 atom stereocenters. The molecule has 0 aromatic heterocycles. The molecule has 0 aliphatic heterocycles. The van der Waals surface area contributed by atoms with Crippen LogP contribution in [0.5, 0.6) is 0 Å². The van der Waals surface area contributed by atoms with Crippen molar-refractivity contribution >= 4 is 5.97 Å². The molecule has 4 N–H and O–H groups in total. The van der Waals surface area contributed by atoms with Gasteiger partial charge < -0.3 is 20.4 Å². The van der Waals surface area contributed by atoms with Crippen LogP contribution in [0.15, 0.2) is 0 Å². The Morgan fingerprint density at radius 2 is 1.82 bits per heavy atom. The molecule has 11 heavy (non-hydrogen) atoms. The number of carboxylic acid groups (broad SMARTS) is 1. The van der Waals surface area contributed by atoms with E-state index >= 15 is 0 Å². The third kappa shape index (κ3) is 3.92. The van der Waals surface area contributed by atoms with E-state index in [2.05, 4.69) is 0 Å². The van der Waals surface area contributed by atoms with Gasteiger partial charge in [-0.05, 0) is 12.8 Å². The van der Waals surface area contributed by atoms with E-state index in [0.29, 0.717) is 6.42 Å². The lowest BCUT2D eigenvalue weighted by Gasteiger charge is -2.14. The molecule has 0 amide bonds. The molecule has 0 aliphatic carbocycles. The fraction of sp³-hybridized carbons (Fsp3) is 0.833. The van der Waals surface area contributed by atoms with E-state index in [0.717, 1.165) is 0 Å². The summed E-state index contributed by atoms with van der Waals surface area (Å²) in [5.74, 6) is -4.30. The quantitative estimate of drug-likeness (QED) is 0.306. The molecule has 0 bridgehead atoms. The minimum Gasteiger partial charge on any atom is -0.477 e. The van der Waals surface area contributed by atoms with Gasteiger partial charge in [0.05, 0.1) is 0 Å². The normalized spacial score (nSPS) is 11.5. The van der Waals surface area contributed by atoms with Crippen molar-refractivity contribution in [2.75, 3.05) is 6.61 Å². The summed E-state index contributed by atoms with van der Waals surface area (Å²) in [6.45, 7) is -0.0737. The number of aliphatic carboxylic acids is 1. The largest absolute Gasteiger partial charge is 0.477 e. The zero-order valence-electron chi connectivity index (χ0n) is 6.03. The van der Waals surface area contributed by atoms with Crippen LogP contribution in [0.4, 0.5) is 0 Å². The van der Waals surface area contributed by atoms with E-state index in [1.807, 2.05) is 0 Å². The Bertz CT molecular complexity index is 131. The van der Waals surface area contributed by atoms with Crippen LogP contribution >= 0.6 is 0 Å². The van der Waals surface area contributed by atoms with Gasteiger partial charge in [-0.25, -0.2) is 4.79 Å². The van der Waals surface area contributed by atoms with Gasteiger partial charge in [-0.1, -0.05) is 0 Å². The molecule has 0 aliphatic rings. The molecule has 0 unspecified atom stereocenters. The summed E-state index contributed by atoms with van der Waals surface area (Å²) in [4.78, 5) is 10.1. The summed E-state index contributed by atoms with van der Waals surface area (Å²) in [5, 5.41) is 33.9. The molecule has 0 heterocycles. The van der Waals surface area contributed by atoms with Crippen molar-refractivity contribution in [1.82, 2.24) is 0 Å². The van der Waals surface area contributed by atoms with Crippen molar-refractivity contribution in [3.05, 3.63) is 0 Å². The molecule has 0 radical (unpaired) electrons. The van der Waals surface area contributed by atoms with E-state index in [9.17, 15) is 4.79 Å². The predicted molar refractivity (Wildman–Crippen MR) is 35.7 cm³/mol. The molecule has 5 heteroatoms. The van der Waals surface area contributed by atoms with Crippen molar-refractivity contribution in [1.29, 1.82) is 0 Å². The van der Waals surface area contributed by atoms with Gasteiger partial charge >= 0.3 is 5.97 Å². The number of rotatable bonds is 5. The number of aliphatic hydroxyl groups is 3. The maximum atomic E-state index is 10.1. The van der Waals surface area contributed by atoms with Crippen molar-refractivity contribution in [3.63, 3.8) is 0 Å². The van der Waals surface area contributed by atoms with Crippen LogP contribution in [0.1, 0.15) is 19.3 Å². The number of aliphatic hydroxyl groups excluding tert-OH is 1. The second-order valence-corrected chi connectivity index (χ2v) is 2.30. The summed E-state index contributed by atoms with van der Waals surface area (Å²) in [6, 6.07) is 0. The molecule has 5 nitrogen and oxygen atoms in total. The molecule has 0 aromatic rings. The summed E-state index contributed by atoms with van der Waals surface area (Å²) in [6.07, 6.45) is 0.384. The first kappa shape index (κ1) is 10.3. The van der Waals surface area contributed by atoms with Gasteiger partial charge in [0.25, 0.3) is 5.79 Å². The number of carboxylic acids is 1. The zero-order valence-corrected chi connectivity index (χ0v) is 6.03. The van der Waals surface area contributed by atoms with E-state index in [4.69, 9.17) is 20.4 Å². The lowest BCUT2D eigenvalue weighted by Crippen LogP contribution is -2.37. The van der Waals surface area contributed by atoms with Gasteiger partial charge in [-0.3, -0.25) is 0 Å². The van der Waals surface area contributed by atoms with E-state index in [1.54, 1.807) is 0 Å². The van der Waals surface area contributed by atoms with E-state index in [1.165, 1.54) is 0 Å². The summed E-state index contributed by atoms with van der Waals surface area (Å²) < 4.78 is 0. The maximum Gasteiger partial charge on any atom is 0.364 e. The van der Waals surface area contributed by atoms with Crippen LogP contribution in [0.25, 0.3) is 0 Å². The third-order valence-electron chi connectivity index (χ3n) is 1.28. The smallest absolute Gasteiger partial charge is 0.364 e. The molecule has 0 spiro atoms. The topological polar surface area (TPSA) is 98.0 Å². The minimum absolute atomic E-state index is 0.0737. The Morgan fingerprint density at radius 3 is 2.18 bits per heavy atom. The minimum atomic E-state index is -2.64. The first-order chi connectivity index (χ1) is 5.00. The third-order valence-corrected chi connectivity index (χ3v) is 1.28. The first-order valence-corrected chi connectivity index (χ1v) is 3.29. The number of carbonyl (C=O) groups is 1. The summed E-state index contributed by atoms with van der Waals surface area (Å²) in [5.41, 5.74) is 0. The zero-order chi connectivity index (χ0) is 8.91. The molecule has 0 saturated carbocycles. The Kier molecular flexibility index (Phi) is 4.02. The van der Waals surface area contributed by atoms with Crippen molar-refractivity contribution < 1.29 is 25.2 Å². The van der Waals surface area contributed by atoms with Gasteiger partial charge in [0.1, 0.15) is 0 Å². The summed E-state index contributed by atoms with van der Waals surface area (Å²) >= 11 is 0. The number of hydrogen-bond donors (Lipinski definition) is 4. The second-order valence-electron chi connectivity index (χ2n) is 2.30. The van der Waals surface area contributed by atoms with E-state index < -0.39 is 11.8 Å². The lowest BCUT2D eigenvalue weighted by molar-refractivity contribution is -0.205. The van der Waals surface area contributed by atoms with Crippen molar-refractivity contribution in [2.45, 2.75) is 25.0 Å². The SMILES string of the molecule is O=C(O)C(O)(O)CCCCO. The number of unbranched alkanes of at least 4 members (excludes halogenated alkanes) is 1. The van der Waals surface area contributed by atoms with Gasteiger partial charge in [-0.15, -0.1) is 0 Å². The standard InChI is InChI=1S/C6H12O5/c7-4-2-1-3-6(10,11)5(8)9/h7,10-11H,1-4H2,(H,8,9). The fourth-order valence-corrected chi connectivity index (χ4v) is 0.590. The Balaban J connectivity index is 3.64. The molecule has 0 saturated heterocycles. The highest BCUT2D eigenvalue weighted by Crippen LogP contribution is 2.10. The second kappa shape index (κ2) is 4.27. The fourth-order valence-electron chi connectivity index (χ4n) is 0.590. The molecule has 0 aromatic carbocycles. The van der Waals surface area contributed by atoms with Gasteiger partial charge in [0.15, 0.2) is 0 Å². The molecule has 66 valence electrons. The van der Waals surface area contributed by atoms with Crippen LogP contribution in [0, 0.1) is 0 Å². The number of hydrogen-bond acceptors (Lipinski definition) is 4. The van der Waals surface area contributed by atoms with Crippen LogP contribution in [0.3, 0.4) is 0 Å². The highest BCUT2D eigenvalue weighted by Gasteiger charge is 2.31. The van der Waals surface area contributed by atoms with Crippen LogP contribution < -0.4 is 0 Å². The van der Waals surface area contributed by atoms with E-state index in [-0.39, 0.29) is 19.4 Å². The Labute approximate surface area is 63.9 Å². The highest BCUT2D eigenvalue weighted by molar-refractivity contribution is 5.74. The van der Waals surface area contributed by atoms with Gasteiger partial charge in [-0.2, -0.15) is 0 Å². The van der Waals surface area contributed by atoms with Crippen LogP contribution in [-0.4, -0.2) is 38.8 Å².